The van der Waals surface area contributed by atoms with Crippen molar-refractivity contribution in [3.63, 3.8) is 0 Å². The maximum absolute atomic E-state index is 12.5. The maximum atomic E-state index is 12.5. The van der Waals surface area contributed by atoms with E-state index in [-0.39, 0.29) is 28.6 Å². The SMILES string of the molecule is CCC(CC)N1C(=O)CC(NCC2(SC)CCCC2)C1=O. The molecule has 1 unspecified atom stereocenters. The molecular weight excluding hydrogens is 284 g/mol. The molecule has 0 bridgehead atoms. The summed E-state index contributed by atoms with van der Waals surface area (Å²) in [5, 5.41) is 3.40. The van der Waals surface area contributed by atoms with Gasteiger partial charge in [0, 0.05) is 17.3 Å². The second kappa shape index (κ2) is 7.14. The van der Waals surface area contributed by atoms with Crippen LogP contribution in [0.15, 0.2) is 0 Å². The first-order valence-electron chi connectivity index (χ1n) is 8.21. The van der Waals surface area contributed by atoms with E-state index in [0.717, 1.165) is 19.4 Å². The molecule has 1 N–H and O–H groups in total. The van der Waals surface area contributed by atoms with Crippen LogP contribution in [0.1, 0.15) is 58.8 Å². The number of carbonyl (C=O) groups is 2. The zero-order valence-corrected chi connectivity index (χ0v) is 14.3. The molecule has 1 aliphatic heterocycles. The summed E-state index contributed by atoms with van der Waals surface area (Å²) in [6.45, 7) is 4.92. The van der Waals surface area contributed by atoms with Crippen molar-refractivity contribution >= 4 is 23.6 Å². The Labute approximate surface area is 132 Å². The Morgan fingerprint density at radius 2 is 1.90 bits per heavy atom. The van der Waals surface area contributed by atoms with Crippen molar-refractivity contribution in [1.29, 1.82) is 0 Å². The smallest absolute Gasteiger partial charge is 0.247 e. The fourth-order valence-electron chi connectivity index (χ4n) is 3.63. The fraction of sp³-hybridized carbons (Fsp3) is 0.875. The quantitative estimate of drug-likeness (QED) is 0.734. The molecular formula is C16H28N2O2S. The van der Waals surface area contributed by atoms with Crippen LogP contribution in [0, 0.1) is 0 Å². The molecule has 1 saturated heterocycles. The zero-order chi connectivity index (χ0) is 15.5. The lowest BCUT2D eigenvalue weighted by atomic mass is 10.1. The Morgan fingerprint density at radius 1 is 1.29 bits per heavy atom. The van der Waals surface area contributed by atoms with E-state index < -0.39 is 0 Å². The number of nitrogens with zero attached hydrogens (tertiary/aromatic N) is 1. The number of rotatable bonds is 7. The van der Waals surface area contributed by atoms with E-state index in [9.17, 15) is 9.59 Å². The van der Waals surface area contributed by atoms with Crippen molar-refractivity contribution < 1.29 is 9.59 Å². The predicted octanol–water partition coefficient (Wildman–Crippen LogP) is 2.57. The highest BCUT2D eigenvalue weighted by molar-refractivity contribution is 8.00. The number of hydrogen-bond donors (Lipinski definition) is 1. The van der Waals surface area contributed by atoms with Crippen molar-refractivity contribution in [2.45, 2.75) is 75.6 Å². The van der Waals surface area contributed by atoms with Gasteiger partial charge in [-0.05, 0) is 31.9 Å². The largest absolute Gasteiger partial charge is 0.304 e. The van der Waals surface area contributed by atoms with E-state index in [4.69, 9.17) is 0 Å². The first kappa shape index (κ1) is 16.8. The lowest BCUT2D eigenvalue weighted by Crippen LogP contribution is -2.46. The van der Waals surface area contributed by atoms with E-state index in [1.54, 1.807) is 0 Å². The fourth-order valence-corrected chi connectivity index (χ4v) is 4.55. The minimum atomic E-state index is -0.303. The molecule has 1 aliphatic carbocycles. The number of thioether (sulfide) groups is 1. The number of nitrogens with one attached hydrogen (secondary N) is 1. The van der Waals surface area contributed by atoms with Crippen molar-refractivity contribution in [3.8, 4) is 0 Å². The molecule has 2 fully saturated rings. The summed E-state index contributed by atoms with van der Waals surface area (Å²) in [6.07, 6.45) is 9.16. The molecule has 5 heteroatoms. The zero-order valence-electron chi connectivity index (χ0n) is 13.5. The molecule has 1 saturated carbocycles. The molecule has 2 rings (SSSR count). The second-order valence-electron chi connectivity index (χ2n) is 6.30. The Kier molecular flexibility index (Phi) is 5.72. The van der Waals surface area contributed by atoms with Gasteiger partial charge in [0.2, 0.25) is 11.8 Å². The summed E-state index contributed by atoms with van der Waals surface area (Å²) in [5.41, 5.74) is 0. The Hall–Kier alpha value is -0.550. The molecule has 1 heterocycles. The molecule has 0 aromatic carbocycles. The van der Waals surface area contributed by atoms with Crippen LogP contribution in [0.3, 0.4) is 0 Å². The molecule has 4 nitrogen and oxygen atoms in total. The normalized spacial score (nSPS) is 25.3. The topological polar surface area (TPSA) is 49.4 Å². The van der Waals surface area contributed by atoms with Gasteiger partial charge in [-0.1, -0.05) is 26.7 Å². The van der Waals surface area contributed by atoms with Crippen LogP contribution in [0.25, 0.3) is 0 Å². The second-order valence-corrected chi connectivity index (χ2v) is 7.58. The molecule has 21 heavy (non-hydrogen) atoms. The Balaban J connectivity index is 1.96. The van der Waals surface area contributed by atoms with E-state index in [1.807, 2.05) is 25.6 Å². The van der Waals surface area contributed by atoms with Gasteiger partial charge in [0.05, 0.1) is 12.5 Å². The highest BCUT2D eigenvalue weighted by Crippen LogP contribution is 2.39. The van der Waals surface area contributed by atoms with Gasteiger partial charge in [-0.2, -0.15) is 11.8 Å². The molecule has 0 spiro atoms. The van der Waals surface area contributed by atoms with Gasteiger partial charge in [-0.15, -0.1) is 0 Å². The molecule has 1 atom stereocenters. The Morgan fingerprint density at radius 3 is 2.43 bits per heavy atom. The summed E-state index contributed by atoms with van der Waals surface area (Å²) in [7, 11) is 0. The van der Waals surface area contributed by atoms with Crippen LogP contribution < -0.4 is 5.32 Å². The molecule has 0 aromatic rings. The predicted molar refractivity (Wildman–Crippen MR) is 87.3 cm³/mol. The first-order chi connectivity index (χ1) is 10.1. The van der Waals surface area contributed by atoms with E-state index >= 15 is 0 Å². The molecule has 0 aromatic heterocycles. The van der Waals surface area contributed by atoms with Crippen molar-refractivity contribution in [3.05, 3.63) is 0 Å². The number of imide groups is 1. The maximum Gasteiger partial charge on any atom is 0.247 e. The van der Waals surface area contributed by atoms with Crippen LogP contribution in [-0.4, -0.2) is 46.3 Å². The van der Waals surface area contributed by atoms with Gasteiger partial charge in [0.15, 0.2) is 0 Å². The van der Waals surface area contributed by atoms with Crippen LogP contribution >= 0.6 is 11.8 Å². The summed E-state index contributed by atoms with van der Waals surface area (Å²) in [5.74, 6) is -0.0150. The van der Waals surface area contributed by atoms with Gasteiger partial charge in [0.25, 0.3) is 0 Å². The minimum Gasteiger partial charge on any atom is -0.304 e. The van der Waals surface area contributed by atoms with Crippen LogP contribution in [0.4, 0.5) is 0 Å². The van der Waals surface area contributed by atoms with E-state index in [2.05, 4.69) is 11.6 Å². The van der Waals surface area contributed by atoms with Crippen LogP contribution in [0.5, 0.6) is 0 Å². The van der Waals surface area contributed by atoms with Gasteiger partial charge < -0.3 is 5.32 Å². The summed E-state index contributed by atoms with van der Waals surface area (Å²) >= 11 is 1.91. The van der Waals surface area contributed by atoms with E-state index in [1.165, 1.54) is 30.6 Å². The molecule has 0 radical (unpaired) electrons. The molecule has 120 valence electrons. The van der Waals surface area contributed by atoms with Crippen LogP contribution in [-0.2, 0) is 9.59 Å². The average molecular weight is 312 g/mol. The monoisotopic (exact) mass is 312 g/mol. The number of likely N-dealkylation sites (tertiary alicyclic amines) is 1. The third kappa shape index (κ3) is 3.45. The van der Waals surface area contributed by atoms with Crippen LogP contribution in [0.2, 0.25) is 0 Å². The number of carbonyl (C=O) groups excluding carboxylic acids is 2. The van der Waals surface area contributed by atoms with Gasteiger partial charge in [-0.3, -0.25) is 14.5 Å². The lowest BCUT2D eigenvalue weighted by molar-refractivity contribution is -0.141. The average Bonchev–Trinajstić information content (AvgIpc) is 3.06. The van der Waals surface area contributed by atoms with Gasteiger partial charge in [0.1, 0.15) is 0 Å². The highest BCUT2D eigenvalue weighted by atomic mass is 32.2. The number of amides is 2. The van der Waals surface area contributed by atoms with Crippen molar-refractivity contribution in [2.75, 3.05) is 12.8 Å². The first-order valence-corrected chi connectivity index (χ1v) is 9.43. The summed E-state index contributed by atoms with van der Waals surface area (Å²) in [6, 6.07) is -0.236. The standard InChI is InChI=1S/C16H28N2O2S/c1-4-12(5-2)18-14(19)10-13(15(18)20)17-11-16(21-3)8-6-7-9-16/h12-13,17H,4-11H2,1-3H3. The van der Waals surface area contributed by atoms with Gasteiger partial charge in [-0.25, -0.2) is 0 Å². The Bertz CT molecular complexity index is 390. The lowest BCUT2D eigenvalue weighted by Gasteiger charge is -2.29. The third-order valence-electron chi connectivity index (χ3n) is 5.11. The summed E-state index contributed by atoms with van der Waals surface area (Å²) < 4.78 is 0.270. The van der Waals surface area contributed by atoms with E-state index in [0.29, 0.717) is 6.42 Å². The number of hydrogen-bond acceptors (Lipinski definition) is 4. The molecule has 2 amide bonds. The van der Waals surface area contributed by atoms with Crippen molar-refractivity contribution in [2.24, 2.45) is 0 Å². The van der Waals surface area contributed by atoms with Crippen molar-refractivity contribution in [1.82, 2.24) is 10.2 Å². The third-order valence-corrected chi connectivity index (χ3v) is 6.53. The minimum absolute atomic E-state index is 0.00387. The highest BCUT2D eigenvalue weighted by Gasteiger charge is 2.42. The molecule has 2 aliphatic rings. The summed E-state index contributed by atoms with van der Waals surface area (Å²) in [4.78, 5) is 26.2. The van der Waals surface area contributed by atoms with Gasteiger partial charge >= 0.3 is 0 Å².